The van der Waals surface area contributed by atoms with Crippen molar-refractivity contribution in [3.8, 4) is 0 Å². The van der Waals surface area contributed by atoms with Crippen LogP contribution in [-0.2, 0) is 10.0 Å². The minimum atomic E-state index is -3.76. The molecule has 1 aromatic heterocycles. The molecule has 0 aliphatic carbocycles. The van der Waals surface area contributed by atoms with Crippen LogP contribution in [-0.4, -0.2) is 8.42 Å². The highest BCUT2D eigenvalue weighted by molar-refractivity contribution is 9.10. The zero-order valence-corrected chi connectivity index (χ0v) is 15.0. The molecule has 2 aromatic rings. The van der Waals surface area contributed by atoms with Crippen LogP contribution in [0.2, 0.25) is 0 Å². The number of rotatable bonds is 4. The van der Waals surface area contributed by atoms with Crippen molar-refractivity contribution in [1.29, 1.82) is 0 Å². The first-order chi connectivity index (χ1) is 9.70. The number of halogens is 2. The molecular weight excluding hydrogens is 377 g/mol. The summed E-state index contributed by atoms with van der Waals surface area (Å²) in [6.07, 6.45) is 0. The van der Waals surface area contributed by atoms with Crippen molar-refractivity contribution >= 4 is 37.3 Å². The third kappa shape index (κ3) is 3.71. The number of hydrogen-bond acceptors (Lipinski definition) is 3. The van der Waals surface area contributed by atoms with E-state index in [1.807, 2.05) is 19.9 Å². The molecule has 0 saturated carbocycles. The van der Waals surface area contributed by atoms with Crippen molar-refractivity contribution in [1.82, 2.24) is 4.72 Å². The third-order valence-electron chi connectivity index (χ3n) is 3.08. The Hall–Kier alpha value is -0.760. The molecule has 0 aliphatic heterocycles. The molecule has 114 valence electrons. The maximum Gasteiger partial charge on any atom is 0.241 e. The molecule has 1 atom stereocenters. The Labute approximate surface area is 136 Å². The summed E-state index contributed by atoms with van der Waals surface area (Å²) in [5.74, 6) is -0.604. The van der Waals surface area contributed by atoms with Crippen LogP contribution in [0.3, 0.4) is 0 Å². The number of nitrogens with one attached hydrogen (secondary N) is 1. The van der Waals surface area contributed by atoms with Crippen molar-refractivity contribution in [2.24, 2.45) is 0 Å². The number of hydrogen-bond donors (Lipinski definition) is 1. The number of thiophene rings is 1. The molecule has 0 fully saturated rings. The van der Waals surface area contributed by atoms with Gasteiger partial charge in [-0.15, -0.1) is 11.3 Å². The van der Waals surface area contributed by atoms with Gasteiger partial charge in [0.15, 0.2) is 0 Å². The van der Waals surface area contributed by atoms with E-state index in [0.717, 1.165) is 21.4 Å². The molecule has 3 nitrogen and oxygen atoms in total. The SMILES string of the molecule is Cc1cc(C(C)NS(=O)(=O)c2ccc(Br)c(F)c2)c(C)s1. The third-order valence-corrected chi connectivity index (χ3v) is 6.24. The predicted molar refractivity (Wildman–Crippen MR) is 86.6 cm³/mol. The number of sulfonamides is 1. The fourth-order valence-electron chi connectivity index (χ4n) is 2.09. The lowest BCUT2D eigenvalue weighted by molar-refractivity contribution is 0.563. The van der Waals surface area contributed by atoms with Gasteiger partial charge in [-0.05, 0) is 66.5 Å². The molecule has 1 unspecified atom stereocenters. The van der Waals surface area contributed by atoms with Crippen LogP contribution in [0.25, 0.3) is 0 Å². The maximum atomic E-state index is 13.5. The molecule has 0 radical (unpaired) electrons. The molecule has 1 N–H and O–H groups in total. The van der Waals surface area contributed by atoms with Crippen LogP contribution in [0.1, 0.15) is 28.3 Å². The highest BCUT2D eigenvalue weighted by Gasteiger charge is 2.21. The fraction of sp³-hybridized carbons (Fsp3) is 0.286. The average molecular weight is 392 g/mol. The summed E-state index contributed by atoms with van der Waals surface area (Å²) >= 11 is 4.63. The summed E-state index contributed by atoms with van der Waals surface area (Å²) in [6, 6.07) is 5.36. The summed E-state index contributed by atoms with van der Waals surface area (Å²) in [5, 5.41) is 0. The van der Waals surface area contributed by atoms with E-state index in [-0.39, 0.29) is 15.4 Å². The maximum absolute atomic E-state index is 13.5. The smallest absolute Gasteiger partial charge is 0.207 e. The van der Waals surface area contributed by atoms with Gasteiger partial charge in [0.05, 0.1) is 9.37 Å². The summed E-state index contributed by atoms with van der Waals surface area (Å²) in [4.78, 5) is 2.12. The Morgan fingerprint density at radius 1 is 1.29 bits per heavy atom. The Morgan fingerprint density at radius 2 is 1.95 bits per heavy atom. The van der Waals surface area contributed by atoms with Crippen LogP contribution in [0.5, 0.6) is 0 Å². The number of benzene rings is 1. The van der Waals surface area contributed by atoms with Gasteiger partial charge in [-0.3, -0.25) is 0 Å². The highest BCUT2D eigenvalue weighted by atomic mass is 79.9. The van der Waals surface area contributed by atoms with Crippen LogP contribution in [0, 0.1) is 19.7 Å². The highest BCUT2D eigenvalue weighted by Crippen LogP contribution is 2.27. The quantitative estimate of drug-likeness (QED) is 0.843. The summed E-state index contributed by atoms with van der Waals surface area (Å²) in [5.41, 5.74) is 0.943. The van der Waals surface area contributed by atoms with Gasteiger partial charge in [0.2, 0.25) is 10.0 Å². The topological polar surface area (TPSA) is 46.2 Å². The van der Waals surface area contributed by atoms with Gasteiger partial charge >= 0.3 is 0 Å². The normalized spacial score (nSPS) is 13.4. The summed E-state index contributed by atoms with van der Waals surface area (Å²) < 4.78 is 40.9. The molecule has 0 amide bonds. The lowest BCUT2D eigenvalue weighted by Gasteiger charge is -2.14. The Morgan fingerprint density at radius 3 is 2.48 bits per heavy atom. The molecule has 0 spiro atoms. The minimum Gasteiger partial charge on any atom is -0.207 e. The first-order valence-electron chi connectivity index (χ1n) is 6.25. The standard InChI is InChI=1S/C14H15BrFNO2S2/c1-8-6-12(10(3)20-8)9(2)17-21(18,19)11-4-5-13(15)14(16)7-11/h4-7,9,17H,1-3H3. The van der Waals surface area contributed by atoms with E-state index in [1.54, 1.807) is 18.3 Å². The first-order valence-corrected chi connectivity index (χ1v) is 9.34. The van der Waals surface area contributed by atoms with Gasteiger partial charge < -0.3 is 0 Å². The van der Waals surface area contributed by atoms with Crippen molar-refractivity contribution in [3.05, 3.63) is 49.9 Å². The van der Waals surface area contributed by atoms with Gasteiger partial charge in [0.1, 0.15) is 5.82 Å². The largest absolute Gasteiger partial charge is 0.241 e. The van der Waals surface area contributed by atoms with E-state index in [0.29, 0.717) is 0 Å². The summed E-state index contributed by atoms with van der Waals surface area (Å²) in [6.45, 7) is 5.71. The Bertz CT molecular complexity index is 771. The van der Waals surface area contributed by atoms with Crippen molar-refractivity contribution in [3.63, 3.8) is 0 Å². The fourth-order valence-corrected chi connectivity index (χ4v) is 4.59. The second-order valence-electron chi connectivity index (χ2n) is 4.79. The van der Waals surface area contributed by atoms with E-state index >= 15 is 0 Å². The molecular formula is C14H15BrFNO2S2. The Kier molecular flexibility index (Phi) is 4.87. The number of aryl methyl sites for hydroxylation is 2. The average Bonchev–Trinajstić information content (AvgIpc) is 2.71. The van der Waals surface area contributed by atoms with Crippen LogP contribution in [0.15, 0.2) is 33.6 Å². The zero-order chi connectivity index (χ0) is 15.8. The second-order valence-corrected chi connectivity index (χ2v) is 8.82. The van der Waals surface area contributed by atoms with E-state index < -0.39 is 15.8 Å². The molecule has 1 aromatic carbocycles. The molecule has 7 heteroatoms. The lowest BCUT2D eigenvalue weighted by atomic mass is 10.1. The second kappa shape index (κ2) is 6.16. The van der Waals surface area contributed by atoms with Crippen molar-refractivity contribution < 1.29 is 12.8 Å². The van der Waals surface area contributed by atoms with Gasteiger partial charge in [0, 0.05) is 15.8 Å². The van der Waals surface area contributed by atoms with Gasteiger partial charge in [-0.25, -0.2) is 17.5 Å². The molecule has 0 aliphatic rings. The zero-order valence-electron chi connectivity index (χ0n) is 11.8. The van der Waals surface area contributed by atoms with E-state index in [2.05, 4.69) is 20.7 Å². The van der Waals surface area contributed by atoms with Gasteiger partial charge in [-0.2, -0.15) is 0 Å². The summed E-state index contributed by atoms with van der Waals surface area (Å²) in [7, 11) is -3.76. The van der Waals surface area contributed by atoms with E-state index in [9.17, 15) is 12.8 Å². The van der Waals surface area contributed by atoms with Gasteiger partial charge in [0.25, 0.3) is 0 Å². The van der Waals surface area contributed by atoms with E-state index in [4.69, 9.17) is 0 Å². The molecule has 21 heavy (non-hydrogen) atoms. The molecule has 2 rings (SSSR count). The monoisotopic (exact) mass is 391 g/mol. The van der Waals surface area contributed by atoms with Crippen LogP contribution in [0.4, 0.5) is 4.39 Å². The van der Waals surface area contributed by atoms with Crippen molar-refractivity contribution in [2.75, 3.05) is 0 Å². The lowest BCUT2D eigenvalue weighted by Crippen LogP contribution is -2.27. The van der Waals surface area contributed by atoms with E-state index in [1.165, 1.54) is 12.1 Å². The Balaban J connectivity index is 2.28. The van der Waals surface area contributed by atoms with Crippen LogP contribution < -0.4 is 4.72 Å². The van der Waals surface area contributed by atoms with Crippen molar-refractivity contribution in [2.45, 2.75) is 31.7 Å². The molecule has 0 bridgehead atoms. The predicted octanol–water partition coefficient (Wildman–Crippen LogP) is 4.31. The first kappa shape index (κ1) is 16.6. The van der Waals surface area contributed by atoms with Crippen LogP contribution >= 0.6 is 27.3 Å². The molecule has 1 heterocycles. The molecule has 0 saturated heterocycles. The van der Waals surface area contributed by atoms with Gasteiger partial charge in [-0.1, -0.05) is 0 Å². The minimum absolute atomic E-state index is 0.0837.